The first-order valence-corrected chi connectivity index (χ1v) is 9.42. The van der Waals surface area contributed by atoms with Gasteiger partial charge in [-0.25, -0.2) is 14.0 Å². The summed E-state index contributed by atoms with van der Waals surface area (Å²) in [4.78, 5) is 6.54. The van der Waals surface area contributed by atoms with E-state index in [0.29, 0.717) is 22.3 Å². The van der Waals surface area contributed by atoms with Crippen LogP contribution in [0, 0.1) is 11.7 Å². The van der Waals surface area contributed by atoms with Crippen molar-refractivity contribution in [2.75, 3.05) is 25.9 Å². The van der Waals surface area contributed by atoms with Crippen molar-refractivity contribution in [2.24, 2.45) is 10.9 Å². The molecule has 1 aromatic carbocycles. The molecule has 2 aromatic rings. The van der Waals surface area contributed by atoms with Crippen LogP contribution < -0.4 is 5.48 Å². The molecule has 3 rings (SSSR count). The zero-order chi connectivity index (χ0) is 17.8. The number of rotatable bonds is 5. The average Bonchev–Trinajstić information content (AvgIpc) is 3.22. The Morgan fingerprint density at radius 1 is 1.56 bits per heavy atom. The van der Waals surface area contributed by atoms with E-state index in [1.807, 2.05) is 5.48 Å². The number of hydrogen-bond acceptors (Lipinski definition) is 7. The molecule has 1 fully saturated rings. The molecule has 0 spiro atoms. The molecule has 1 aliphatic rings. The Bertz CT molecular complexity index is 772. The van der Waals surface area contributed by atoms with Crippen molar-refractivity contribution in [3.8, 4) is 0 Å². The normalized spacial score (nSPS) is 18.7. The Labute approximate surface area is 156 Å². The molecule has 1 unspecified atom stereocenters. The Kier molecular flexibility index (Phi) is 6.05. The highest BCUT2D eigenvalue weighted by atomic mass is 79.9. The first-order chi connectivity index (χ1) is 12.1. The SMILES string of the molecule is CN1CCC(CSc2nonc2C(=Nc2ccc(F)c(Br)c2)NO)C1. The third-order valence-electron chi connectivity index (χ3n) is 3.88. The fraction of sp³-hybridized carbons (Fsp3) is 0.400. The van der Waals surface area contributed by atoms with Crippen LogP contribution in [0.2, 0.25) is 0 Å². The molecule has 1 atom stereocenters. The van der Waals surface area contributed by atoms with E-state index in [-0.39, 0.29) is 10.3 Å². The lowest BCUT2D eigenvalue weighted by Gasteiger charge is -2.09. The maximum Gasteiger partial charge on any atom is 0.186 e. The number of aliphatic imine (C=N–C) groups is 1. The molecule has 1 aliphatic heterocycles. The second-order valence-electron chi connectivity index (χ2n) is 5.82. The highest BCUT2D eigenvalue weighted by molar-refractivity contribution is 9.10. The number of amidine groups is 1. The van der Waals surface area contributed by atoms with E-state index < -0.39 is 5.82 Å². The predicted octanol–water partition coefficient (Wildman–Crippen LogP) is 3.07. The van der Waals surface area contributed by atoms with Crippen LogP contribution in [0.4, 0.5) is 10.1 Å². The van der Waals surface area contributed by atoms with E-state index in [1.165, 1.54) is 30.0 Å². The number of hydrogen-bond donors (Lipinski definition) is 2. The number of benzene rings is 1. The van der Waals surface area contributed by atoms with Crippen LogP contribution in [-0.2, 0) is 0 Å². The van der Waals surface area contributed by atoms with Crippen molar-refractivity contribution >= 4 is 39.2 Å². The molecule has 1 aromatic heterocycles. The topological polar surface area (TPSA) is 86.8 Å². The van der Waals surface area contributed by atoms with Crippen molar-refractivity contribution < 1.29 is 14.2 Å². The van der Waals surface area contributed by atoms with E-state index in [4.69, 9.17) is 4.63 Å². The number of nitrogens with zero attached hydrogens (tertiary/aromatic N) is 4. The zero-order valence-electron chi connectivity index (χ0n) is 13.4. The molecule has 2 N–H and O–H groups in total. The number of likely N-dealkylation sites (tertiary alicyclic amines) is 1. The molecule has 2 heterocycles. The number of nitrogens with one attached hydrogen (secondary N) is 1. The first-order valence-electron chi connectivity index (χ1n) is 7.65. The van der Waals surface area contributed by atoms with Crippen molar-refractivity contribution in [1.29, 1.82) is 0 Å². The lowest BCUT2D eigenvalue weighted by Crippen LogP contribution is -2.21. The van der Waals surface area contributed by atoms with Gasteiger partial charge < -0.3 is 4.90 Å². The second kappa shape index (κ2) is 8.26. The summed E-state index contributed by atoms with van der Waals surface area (Å²) in [5.74, 6) is 1.16. The van der Waals surface area contributed by atoms with Gasteiger partial charge in [0.1, 0.15) is 5.82 Å². The lowest BCUT2D eigenvalue weighted by molar-refractivity contribution is 0.234. The zero-order valence-corrected chi connectivity index (χ0v) is 15.8. The molecule has 25 heavy (non-hydrogen) atoms. The minimum absolute atomic E-state index is 0.0887. The number of hydroxylamine groups is 1. The highest BCUT2D eigenvalue weighted by Crippen LogP contribution is 2.27. The Balaban J connectivity index is 1.76. The van der Waals surface area contributed by atoms with Crippen molar-refractivity contribution in [3.63, 3.8) is 0 Å². The second-order valence-corrected chi connectivity index (χ2v) is 7.68. The summed E-state index contributed by atoms with van der Waals surface area (Å²) in [5.41, 5.74) is 2.78. The molecule has 0 saturated carbocycles. The van der Waals surface area contributed by atoms with Crippen molar-refractivity contribution in [1.82, 2.24) is 20.7 Å². The van der Waals surface area contributed by atoms with E-state index in [0.717, 1.165) is 25.3 Å². The fourth-order valence-electron chi connectivity index (χ4n) is 2.59. The molecule has 10 heteroatoms. The first kappa shape index (κ1) is 18.3. The van der Waals surface area contributed by atoms with Crippen LogP contribution in [0.25, 0.3) is 0 Å². The minimum Gasteiger partial charge on any atom is -0.306 e. The van der Waals surface area contributed by atoms with Crippen molar-refractivity contribution in [2.45, 2.75) is 11.4 Å². The van der Waals surface area contributed by atoms with Gasteiger partial charge >= 0.3 is 0 Å². The van der Waals surface area contributed by atoms with Crippen LogP contribution in [-0.4, -0.2) is 52.1 Å². The summed E-state index contributed by atoms with van der Waals surface area (Å²) in [6.07, 6.45) is 1.15. The standard InChI is InChI=1S/C15H17BrFN5O2S/c1-22-5-4-9(7-22)8-25-15-13(20-24-21-15)14(19-23)18-10-2-3-12(17)11(16)6-10/h2-3,6,9,23H,4-5,7-8H2,1H3,(H,18,19). The molecule has 7 nitrogen and oxygen atoms in total. The average molecular weight is 430 g/mol. The molecule has 0 aliphatic carbocycles. The largest absolute Gasteiger partial charge is 0.306 e. The molecule has 0 radical (unpaired) electrons. The third-order valence-corrected chi connectivity index (χ3v) is 5.66. The predicted molar refractivity (Wildman–Crippen MR) is 95.8 cm³/mol. The van der Waals surface area contributed by atoms with Gasteiger partial charge in [0, 0.05) is 12.3 Å². The summed E-state index contributed by atoms with van der Waals surface area (Å²) in [5, 5.41) is 17.7. The summed E-state index contributed by atoms with van der Waals surface area (Å²) in [6, 6.07) is 4.28. The third kappa shape index (κ3) is 4.57. The van der Waals surface area contributed by atoms with Crippen molar-refractivity contribution in [3.05, 3.63) is 34.2 Å². The van der Waals surface area contributed by atoms with Gasteiger partial charge in [0.15, 0.2) is 16.6 Å². The van der Waals surface area contributed by atoms with Gasteiger partial charge in [-0.15, -0.1) is 11.8 Å². The van der Waals surface area contributed by atoms with Gasteiger partial charge in [0.2, 0.25) is 0 Å². The summed E-state index contributed by atoms with van der Waals surface area (Å²) in [7, 11) is 2.11. The van der Waals surface area contributed by atoms with Gasteiger partial charge in [-0.3, -0.25) is 10.7 Å². The van der Waals surface area contributed by atoms with Crippen LogP contribution in [0.1, 0.15) is 12.1 Å². The molecule has 0 amide bonds. The maximum absolute atomic E-state index is 13.3. The van der Waals surface area contributed by atoms with Gasteiger partial charge in [0.05, 0.1) is 10.2 Å². The Morgan fingerprint density at radius 2 is 2.40 bits per heavy atom. The van der Waals surface area contributed by atoms with E-state index in [1.54, 1.807) is 0 Å². The molecule has 134 valence electrons. The summed E-state index contributed by atoms with van der Waals surface area (Å²) >= 11 is 4.62. The van der Waals surface area contributed by atoms with Gasteiger partial charge in [-0.1, -0.05) is 0 Å². The lowest BCUT2D eigenvalue weighted by atomic mass is 10.2. The monoisotopic (exact) mass is 429 g/mol. The minimum atomic E-state index is -0.390. The Morgan fingerprint density at radius 3 is 3.08 bits per heavy atom. The summed E-state index contributed by atoms with van der Waals surface area (Å²) in [6.45, 7) is 2.15. The quantitative estimate of drug-likeness (QED) is 0.326. The van der Waals surface area contributed by atoms with Crippen LogP contribution in [0.5, 0.6) is 0 Å². The van der Waals surface area contributed by atoms with Crippen LogP contribution in [0.15, 0.2) is 37.3 Å². The van der Waals surface area contributed by atoms with E-state index in [9.17, 15) is 9.60 Å². The fourth-order valence-corrected chi connectivity index (χ4v) is 3.98. The van der Waals surface area contributed by atoms with Gasteiger partial charge in [-0.2, -0.15) is 0 Å². The molecule has 0 bridgehead atoms. The maximum atomic E-state index is 13.3. The number of halogens is 2. The molecule has 1 saturated heterocycles. The van der Waals surface area contributed by atoms with E-state index >= 15 is 0 Å². The highest BCUT2D eigenvalue weighted by Gasteiger charge is 2.23. The van der Waals surface area contributed by atoms with Gasteiger partial charge in [-0.05, 0) is 70.4 Å². The van der Waals surface area contributed by atoms with E-state index in [2.05, 4.69) is 43.2 Å². The smallest absolute Gasteiger partial charge is 0.186 e. The number of thioether (sulfide) groups is 1. The van der Waals surface area contributed by atoms with Gasteiger partial charge in [0.25, 0.3) is 0 Å². The molecular formula is C15H17BrFN5O2S. The van der Waals surface area contributed by atoms with Crippen LogP contribution >= 0.6 is 27.7 Å². The number of aromatic nitrogens is 2. The molecular weight excluding hydrogens is 413 g/mol. The van der Waals surface area contributed by atoms with Crippen LogP contribution in [0.3, 0.4) is 0 Å². The summed E-state index contributed by atoms with van der Waals surface area (Å²) < 4.78 is 18.4. The Hall–Kier alpha value is -1.49.